The first-order chi connectivity index (χ1) is 15.4. The number of hydrogen-bond donors (Lipinski definition) is 0. The zero-order valence-electron chi connectivity index (χ0n) is 17.9. The lowest BCUT2D eigenvalue weighted by Gasteiger charge is -2.16. The third-order valence-corrected chi connectivity index (χ3v) is 5.89. The van der Waals surface area contributed by atoms with Gasteiger partial charge in [-0.25, -0.2) is 8.42 Å². The van der Waals surface area contributed by atoms with Crippen LogP contribution in [-0.2, 0) is 16.0 Å². The van der Waals surface area contributed by atoms with Crippen molar-refractivity contribution >= 4 is 15.7 Å². The van der Waals surface area contributed by atoms with Gasteiger partial charge in [0.15, 0.2) is 15.6 Å². The highest BCUT2D eigenvalue weighted by molar-refractivity contribution is 7.90. The van der Waals surface area contributed by atoms with E-state index in [1.807, 2.05) is 0 Å². The Morgan fingerprint density at radius 2 is 1.79 bits per heavy atom. The van der Waals surface area contributed by atoms with Crippen molar-refractivity contribution in [2.75, 3.05) is 26.5 Å². The summed E-state index contributed by atoms with van der Waals surface area (Å²) in [5.74, 6) is 0.148. The Hall–Kier alpha value is -3.27. The average Bonchev–Trinajstić information content (AvgIpc) is 3.25. The summed E-state index contributed by atoms with van der Waals surface area (Å²) in [6.07, 6.45) is -2.90. The van der Waals surface area contributed by atoms with Crippen LogP contribution >= 0.6 is 0 Å². The highest BCUT2D eigenvalue weighted by atomic mass is 32.2. The number of carbonyl (C=O) groups excluding carboxylic acids is 1. The Bertz CT molecular complexity index is 1230. The number of nitrogens with zero attached hydrogens (tertiary/aromatic N) is 1. The molecule has 1 amide bonds. The van der Waals surface area contributed by atoms with Gasteiger partial charge in [0.2, 0.25) is 0 Å². The molecular formula is C23H22F3NO5S. The Labute approximate surface area is 189 Å². The maximum atomic E-state index is 12.9. The number of alkyl halides is 3. The molecule has 10 heteroatoms. The fourth-order valence-electron chi connectivity index (χ4n) is 3.03. The summed E-state index contributed by atoms with van der Waals surface area (Å²) in [7, 11) is -1.77. The molecule has 0 radical (unpaired) electrons. The molecule has 0 fully saturated rings. The van der Waals surface area contributed by atoms with Crippen molar-refractivity contribution in [3.05, 3.63) is 72.0 Å². The molecule has 2 aromatic carbocycles. The molecule has 0 N–H and O–H groups in total. The van der Waals surface area contributed by atoms with Gasteiger partial charge < -0.3 is 14.1 Å². The first kappa shape index (κ1) is 24.4. The average molecular weight is 481 g/mol. The van der Waals surface area contributed by atoms with Gasteiger partial charge in [0.1, 0.15) is 11.5 Å². The van der Waals surface area contributed by atoms with E-state index in [0.717, 1.165) is 18.4 Å². The molecule has 33 heavy (non-hydrogen) atoms. The lowest BCUT2D eigenvalue weighted by atomic mass is 10.1. The van der Waals surface area contributed by atoms with Gasteiger partial charge in [0, 0.05) is 25.4 Å². The van der Waals surface area contributed by atoms with E-state index in [2.05, 4.69) is 0 Å². The number of halogens is 3. The van der Waals surface area contributed by atoms with Gasteiger partial charge in [-0.05, 0) is 48.9 Å². The number of ether oxygens (including phenoxy) is 1. The maximum Gasteiger partial charge on any atom is 0.416 e. The predicted octanol–water partition coefficient (Wildman–Crippen LogP) is 4.91. The molecule has 1 heterocycles. The molecule has 6 nitrogen and oxygen atoms in total. The molecule has 0 aliphatic heterocycles. The van der Waals surface area contributed by atoms with Gasteiger partial charge in [-0.2, -0.15) is 13.2 Å². The summed E-state index contributed by atoms with van der Waals surface area (Å²) in [5.41, 5.74) is -0.584. The zero-order chi connectivity index (χ0) is 24.2. The molecule has 0 atom stereocenters. The van der Waals surface area contributed by atoms with Gasteiger partial charge in [0.25, 0.3) is 5.91 Å². The molecule has 0 saturated heterocycles. The van der Waals surface area contributed by atoms with Crippen molar-refractivity contribution in [2.45, 2.75) is 17.5 Å². The summed E-state index contributed by atoms with van der Waals surface area (Å²) in [6, 6.07) is 13.7. The zero-order valence-corrected chi connectivity index (χ0v) is 18.7. The standard InChI is InChI=1S/C23H22F3NO5S/c1-27(12-5-13-31-18-8-4-9-19(15-18)33(2,29)30)22(28)21-11-10-20(32-21)16-6-3-7-17(14-16)23(24,25)26/h3-4,6-11,14-15H,5,12-13H2,1-2H3. The van der Waals surface area contributed by atoms with Crippen LogP contribution in [0.15, 0.2) is 70.0 Å². The van der Waals surface area contributed by atoms with Crippen molar-refractivity contribution in [3.8, 4) is 17.1 Å². The highest BCUT2D eigenvalue weighted by Crippen LogP contribution is 2.32. The van der Waals surface area contributed by atoms with E-state index >= 15 is 0 Å². The first-order valence-electron chi connectivity index (χ1n) is 9.91. The van der Waals surface area contributed by atoms with Crippen LogP contribution in [0.2, 0.25) is 0 Å². The molecule has 0 bridgehead atoms. The molecule has 0 spiro atoms. The molecule has 176 valence electrons. The Morgan fingerprint density at radius 1 is 1.06 bits per heavy atom. The van der Waals surface area contributed by atoms with E-state index in [1.54, 1.807) is 19.2 Å². The minimum atomic E-state index is -4.48. The fourth-order valence-corrected chi connectivity index (χ4v) is 3.69. The molecule has 3 aromatic rings. The normalized spacial score (nSPS) is 11.9. The van der Waals surface area contributed by atoms with Crippen LogP contribution in [0.5, 0.6) is 5.75 Å². The van der Waals surface area contributed by atoms with Crippen LogP contribution < -0.4 is 4.74 Å². The van der Waals surface area contributed by atoms with Gasteiger partial charge in [-0.15, -0.1) is 0 Å². The Balaban J connectivity index is 1.56. The molecule has 0 unspecified atom stereocenters. The van der Waals surface area contributed by atoms with Crippen LogP contribution in [-0.4, -0.2) is 45.7 Å². The van der Waals surface area contributed by atoms with Gasteiger partial charge >= 0.3 is 6.18 Å². The van der Waals surface area contributed by atoms with E-state index in [1.165, 1.54) is 41.3 Å². The number of carbonyl (C=O) groups is 1. The van der Waals surface area contributed by atoms with E-state index in [-0.39, 0.29) is 28.6 Å². The van der Waals surface area contributed by atoms with Crippen molar-refractivity contribution in [1.82, 2.24) is 4.90 Å². The lowest BCUT2D eigenvalue weighted by molar-refractivity contribution is -0.137. The topological polar surface area (TPSA) is 76.8 Å². The predicted molar refractivity (Wildman–Crippen MR) is 116 cm³/mol. The van der Waals surface area contributed by atoms with E-state index in [4.69, 9.17) is 9.15 Å². The smallest absolute Gasteiger partial charge is 0.416 e. The van der Waals surface area contributed by atoms with Gasteiger partial charge in [-0.3, -0.25) is 4.79 Å². The quantitative estimate of drug-likeness (QED) is 0.428. The molecule has 3 rings (SSSR count). The van der Waals surface area contributed by atoms with Gasteiger partial charge in [0.05, 0.1) is 17.1 Å². The van der Waals surface area contributed by atoms with E-state index < -0.39 is 27.5 Å². The number of amides is 1. The summed E-state index contributed by atoms with van der Waals surface area (Å²) < 4.78 is 73.0. The Kier molecular flexibility index (Phi) is 7.16. The molecule has 0 aliphatic rings. The number of sulfone groups is 1. The second kappa shape index (κ2) is 9.70. The SMILES string of the molecule is CN(CCCOc1cccc(S(C)(=O)=O)c1)C(=O)c1ccc(-c2cccc(C(F)(F)F)c2)o1. The van der Waals surface area contributed by atoms with Crippen molar-refractivity contribution in [1.29, 1.82) is 0 Å². The van der Waals surface area contributed by atoms with Crippen LogP contribution in [0.1, 0.15) is 22.5 Å². The second-order valence-electron chi connectivity index (χ2n) is 7.42. The van der Waals surface area contributed by atoms with Crippen LogP contribution in [0.4, 0.5) is 13.2 Å². The molecule has 1 aromatic heterocycles. The lowest BCUT2D eigenvalue weighted by Crippen LogP contribution is -2.28. The summed E-state index contributed by atoms with van der Waals surface area (Å²) in [4.78, 5) is 14.1. The fraction of sp³-hybridized carbons (Fsp3) is 0.261. The third kappa shape index (κ3) is 6.38. The Morgan fingerprint density at radius 3 is 2.48 bits per heavy atom. The van der Waals surface area contributed by atoms with Crippen LogP contribution in [0, 0.1) is 0 Å². The minimum Gasteiger partial charge on any atom is -0.493 e. The monoisotopic (exact) mass is 481 g/mol. The summed E-state index contributed by atoms with van der Waals surface area (Å²) in [5, 5.41) is 0. The van der Waals surface area contributed by atoms with Crippen molar-refractivity contribution in [3.63, 3.8) is 0 Å². The van der Waals surface area contributed by atoms with Crippen LogP contribution in [0.25, 0.3) is 11.3 Å². The third-order valence-electron chi connectivity index (χ3n) is 4.78. The number of hydrogen-bond acceptors (Lipinski definition) is 5. The second-order valence-corrected chi connectivity index (χ2v) is 9.43. The number of benzene rings is 2. The minimum absolute atomic E-state index is 0.00619. The summed E-state index contributed by atoms with van der Waals surface area (Å²) >= 11 is 0. The maximum absolute atomic E-state index is 12.9. The largest absolute Gasteiger partial charge is 0.493 e. The van der Waals surface area contributed by atoms with E-state index in [9.17, 15) is 26.4 Å². The first-order valence-corrected chi connectivity index (χ1v) is 11.8. The number of rotatable bonds is 8. The highest BCUT2D eigenvalue weighted by Gasteiger charge is 2.30. The van der Waals surface area contributed by atoms with Crippen molar-refractivity contribution in [2.24, 2.45) is 0 Å². The van der Waals surface area contributed by atoms with Crippen molar-refractivity contribution < 1.29 is 35.5 Å². The summed E-state index contributed by atoms with van der Waals surface area (Å²) in [6.45, 7) is 0.572. The molecular weight excluding hydrogens is 459 g/mol. The van der Waals surface area contributed by atoms with Crippen LogP contribution in [0.3, 0.4) is 0 Å². The van der Waals surface area contributed by atoms with Gasteiger partial charge in [-0.1, -0.05) is 18.2 Å². The molecule has 0 aliphatic carbocycles. The number of furan rings is 1. The molecule has 0 saturated carbocycles. The van der Waals surface area contributed by atoms with E-state index in [0.29, 0.717) is 18.7 Å².